The van der Waals surface area contributed by atoms with Gasteiger partial charge in [-0.25, -0.2) is 8.42 Å². The van der Waals surface area contributed by atoms with E-state index in [0.29, 0.717) is 24.5 Å². The molecule has 1 aliphatic rings. The van der Waals surface area contributed by atoms with Gasteiger partial charge in [0.25, 0.3) is 15.7 Å². The number of sulfonamides is 1. The second-order valence-electron chi connectivity index (χ2n) is 6.52. The number of nitro groups is 1. The summed E-state index contributed by atoms with van der Waals surface area (Å²) in [6.45, 7) is 3.08. The number of hydrogen-bond donors (Lipinski definition) is 1. The van der Waals surface area contributed by atoms with Crippen molar-refractivity contribution < 1.29 is 13.3 Å². The van der Waals surface area contributed by atoms with Gasteiger partial charge in [-0.3, -0.25) is 14.8 Å². The van der Waals surface area contributed by atoms with Crippen molar-refractivity contribution in [2.75, 3.05) is 42.8 Å². The van der Waals surface area contributed by atoms with Crippen molar-refractivity contribution in [3.63, 3.8) is 0 Å². The number of nitro benzene ring substituents is 1. The number of anilines is 2. The van der Waals surface area contributed by atoms with Crippen molar-refractivity contribution >= 4 is 27.1 Å². The lowest BCUT2D eigenvalue weighted by Gasteiger charge is -2.22. The van der Waals surface area contributed by atoms with Gasteiger partial charge in [0.15, 0.2) is 0 Å². The van der Waals surface area contributed by atoms with Crippen LogP contribution >= 0.6 is 0 Å². The van der Waals surface area contributed by atoms with Crippen LogP contribution in [0.3, 0.4) is 0 Å². The van der Waals surface area contributed by atoms with Crippen LogP contribution in [0.1, 0.15) is 6.42 Å². The van der Waals surface area contributed by atoms with Crippen LogP contribution < -0.4 is 9.62 Å². The van der Waals surface area contributed by atoms with E-state index in [4.69, 9.17) is 0 Å². The molecule has 0 spiro atoms. The number of nitrogens with zero attached hydrogens (tertiary/aromatic N) is 3. The van der Waals surface area contributed by atoms with Gasteiger partial charge in [0.1, 0.15) is 5.69 Å². The van der Waals surface area contributed by atoms with E-state index < -0.39 is 14.9 Å². The molecule has 2 aromatic rings. The zero-order chi connectivity index (χ0) is 19.4. The maximum absolute atomic E-state index is 12.6. The van der Waals surface area contributed by atoms with Crippen LogP contribution in [-0.4, -0.2) is 51.5 Å². The Hall–Kier alpha value is -2.65. The van der Waals surface area contributed by atoms with Crippen molar-refractivity contribution in [3.8, 4) is 0 Å². The predicted octanol–water partition coefficient (Wildman–Crippen LogP) is 2.54. The Kier molecular flexibility index (Phi) is 5.62. The minimum absolute atomic E-state index is 0.131. The maximum atomic E-state index is 12.6. The predicted molar refractivity (Wildman–Crippen MR) is 105 cm³/mol. The topological polar surface area (TPSA) is 95.8 Å². The minimum atomic E-state index is -3.91. The first-order valence-corrected chi connectivity index (χ1v) is 10.1. The van der Waals surface area contributed by atoms with E-state index in [0.717, 1.165) is 25.6 Å². The minimum Gasteiger partial charge on any atom is -0.365 e. The molecule has 9 heteroatoms. The summed E-state index contributed by atoms with van der Waals surface area (Å²) in [6, 6.07) is 12.5. The molecule has 0 saturated carbocycles. The third-order valence-corrected chi connectivity index (χ3v) is 5.92. The highest BCUT2D eigenvalue weighted by molar-refractivity contribution is 7.92. The summed E-state index contributed by atoms with van der Waals surface area (Å²) in [6.07, 6.45) is 0.892. The second-order valence-corrected chi connectivity index (χ2v) is 8.21. The fourth-order valence-electron chi connectivity index (χ4n) is 3.09. The normalized spacial score (nSPS) is 16.0. The molecule has 1 N–H and O–H groups in total. The Morgan fingerprint density at radius 3 is 2.48 bits per heavy atom. The van der Waals surface area contributed by atoms with Gasteiger partial charge in [0.2, 0.25) is 0 Å². The molecule has 8 nitrogen and oxygen atoms in total. The zero-order valence-corrected chi connectivity index (χ0v) is 15.9. The van der Waals surface area contributed by atoms with Crippen LogP contribution in [0.2, 0.25) is 0 Å². The van der Waals surface area contributed by atoms with E-state index in [9.17, 15) is 18.5 Å². The van der Waals surface area contributed by atoms with Crippen molar-refractivity contribution in [1.82, 2.24) is 4.90 Å². The van der Waals surface area contributed by atoms with Crippen molar-refractivity contribution in [2.45, 2.75) is 11.3 Å². The Balaban J connectivity index is 1.92. The van der Waals surface area contributed by atoms with Gasteiger partial charge < -0.3 is 9.80 Å². The molecule has 1 heterocycles. The van der Waals surface area contributed by atoms with Crippen LogP contribution in [0.25, 0.3) is 0 Å². The zero-order valence-electron chi connectivity index (χ0n) is 15.0. The maximum Gasteiger partial charge on any atom is 0.293 e. The number of para-hydroxylation sites is 1. The van der Waals surface area contributed by atoms with Crippen molar-refractivity contribution in [3.05, 3.63) is 58.6 Å². The number of rotatable bonds is 5. The highest BCUT2D eigenvalue weighted by Gasteiger charge is 2.25. The molecule has 144 valence electrons. The van der Waals surface area contributed by atoms with E-state index in [1.807, 2.05) is 11.9 Å². The Bertz CT molecular complexity index is 918. The SMILES string of the molecule is CN1CCCN(c2ccc(S(=O)(=O)Nc3ccccc3)cc2[N+](=O)[O-])CC1. The van der Waals surface area contributed by atoms with Crippen LogP contribution in [0, 0.1) is 10.1 Å². The van der Waals surface area contributed by atoms with Gasteiger partial charge in [-0.2, -0.15) is 0 Å². The summed E-state index contributed by atoms with van der Waals surface area (Å²) in [7, 11) is -1.90. The molecule has 2 aromatic carbocycles. The number of benzene rings is 2. The number of nitrogens with one attached hydrogen (secondary N) is 1. The molecule has 0 unspecified atom stereocenters. The molecular formula is C18H22N4O4S. The van der Waals surface area contributed by atoms with Gasteiger partial charge in [-0.1, -0.05) is 18.2 Å². The molecule has 0 atom stereocenters. The lowest BCUT2D eigenvalue weighted by Crippen LogP contribution is -2.29. The molecule has 0 radical (unpaired) electrons. The molecule has 27 heavy (non-hydrogen) atoms. The van der Waals surface area contributed by atoms with E-state index in [2.05, 4.69) is 9.62 Å². The van der Waals surface area contributed by atoms with Gasteiger partial charge in [0, 0.05) is 31.4 Å². The van der Waals surface area contributed by atoms with Crippen LogP contribution in [0.15, 0.2) is 53.4 Å². The second kappa shape index (κ2) is 7.93. The first-order chi connectivity index (χ1) is 12.9. The van der Waals surface area contributed by atoms with E-state index >= 15 is 0 Å². The van der Waals surface area contributed by atoms with Gasteiger partial charge >= 0.3 is 0 Å². The fourth-order valence-corrected chi connectivity index (χ4v) is 4.17. The number of hydrogen-bond acceptors (Lipinski definition) is 6. The summed E-state index contributed by atoms with van der Waals surface area (Å²) in [4.78, 5) is 15.1. The largest absolute Gasteiger partial charge is 0.365 e. The molecule has 1 aliphatic heterocycles. The summed E-state index contributed by atoms with van der Waals surface area (Å²) in [5.74, 6) is 0. The van der Waals surface area contributed by atoms with Crippen molar-refractivity contribution in [1.29, 1.82) is 0 Å². The first-order valence-electron chi connectivity index (χ1n) is 8.66. The smallest absolute Gasteiger partial charge is 0.293 e. The van der Waals surface area contributed by atoms with E-state index in [-0.39, 0.29) is 10.6 Å². The van der Waals surface area contributed by atoms with Gasteiger partial charge in [0.05, 0.1) is 9.82 Å². The van der Waals surface area contributed by atoms with Crippen LogP contribution in [-0.2, 0) is 10.0 Å². The first kappa shape index (κ1) is 19.1. The molecule has 0 amide bonds. The molecule has 3 rings (SSSR count). The average Bonchev–Trinajstić information content (AvgIpc) is 2.86. The molecule has 0 aromatic heterocycles. The summed E-state index contributed by atoms with van der Waals surface area (Å²) in [5, 5.41) is 11.6. The number of likely N-dealkylation sites (N-methyl/N-ethyl adjacent to an activating group) is 1. The molecule has 1 saturated heterocycles. The monoisotopic (exact) mass is 390 g/mol. The van der Waals surface area contributed by atoms with E-state index in [1.165, 1.54) is 12.1 Å². The summed E-state index contributed by atoms with van der Waals surface area (Å²) >= 11 is 0. The average molecular weight is 390 g/mol. The quantitative estimate of drug-likeness (QED) is 0.623. The molecule has 1 fully saturated rings. The van der Waals surface area contributed by atoms with Crippen LogP contribution in [0.5, 0.6) is 0 Å². The van der Waals surface area contributed by atoms with Crippen molar-refractivity contribution in [2.24, 2.45) is 0 Å². The lowest BCUT2D eigenvalue weighted by molar-refractivity contribution is -0.384. The lowest BCUT2D eigenvalue weighted by atomic mass is 10.2. The highest BCUT2D eigenvalue weighted by atomic mass is 32.2. The molecule has 0 aliphatic carbocycles. The summed E-state index contributed by atoms with van der Waals surface area (Å²) < 4.78 is 27.7. The van der Waals surface area contributed by atoms with E-state index in [1.54, 1.807) is 30.3 Å². The summed E-state index contributed by atoms with van der Waals surface area (Å²) in [5.41, 5.74) is 0.657. The Labute approximate surface area is 158 Å². The highest BCUT2D eigenvalue weighted by Crippen LogP contribution is 2.32. The van der Waals surface area contributed by atoms with Crippen LogP contribution in [0.4, 0.5) is 17.1 Å². The third kappa shape index (κ3) is 4.55. The van der Waals surface area contributed by atoms with Gasteiger partial charge in [-0.15, -0.1) is 0 Å². The fraction of sp³-hybridized carbons (Fsp3) is 0.333. The third-order valence-electron chi connectivity index (χ3n) is 4.54. The Morgan fingerprint density at radius 1 is 1.04 bits per heavy atom. The van der Waals surface area contributed by atoms with Gasteiger partial charge in [-0.05, 0) is 44.3 Å². The molecular weight excluding hydrogens is 368 g/mol. The standard InChI is InChI=1S/C18H22N4O4S/c1-20-10-5-11-21(13-12-20)17-9-8-16(14-18(17)22(23)24)27(25,26)19-15-6-3-2-4-7-15/h2-4,6-9,14,19H,5,10-13H2,1H3. The Morgan fingerprint density at radius 2 is 1.78 bits per heavy atom. The molecule has 0 bridgehead atoms.